The first-order valence-corrected chi connectivity index (χ1v) is 4.30. The first-order chi connectivity index (χ1) is 3.42. The zero-order valence-electron chi connectivity index (χ0n) is 3.25. The van der Waals surface area contributed by atoms with E-state index in [1.807, 2.05) is 0 Å². The van der Waals surface area contributed by atoms with Crippen LogP contribution in [0, 0.1) is 10.1 Å². The van der Waals surface area contributed by atoms with Crippen molar-refractivity contribution in [1.29, 1.82) is 0 Å². The van der Waals surface area contributed by atoms with Crippen molar-refractivity contribution >= 4 is 8.54 Å². The Morgan fingerprint density at radius 1 is 1.50 bits per heavy atom. The van der Waals surface area contributed by atoms with Crippen LogP contribution in [-0.4, -0.2) is 16.9 Å². The van der Waals surface area contributed by atoms with E-state index in [4.69, 9.17) is 0 Å². The van der Waals surface area contributed by atoms with Crippen molar-refractivity contribution in [2.45, 2.75) is 0 Å². The minimum absolute atomic E-state index is 1.19. The molecule has 0 N–H and O–H groups in total. The summed E-state index contributed by atoms with van der Waals surface area (Å²) >= 11 is -1.53. The molecule has 0 spiro atoms. The second-order valence-electron chi connectivity index (χ2n) is 0.649. The molecule has 0 aliphatic carbocycles. The van der Waals surface area contributed by atoms with Crippen LogP contribution in [0.5, 0.6) is 0 Å². The molecule has 8 heavy (non-hydrogen) atoms. The van der Waals surface area contributed by atoms with Crippen LogP contribution in [0.25, 0.3) is 0 Å². The molecule has 0 aromatic rings. The van der Waals surface area contributed by atoms with Gasteiger partial charge in [-0.2, -0.15) is 0 Å². The molecule has 0 bridgehead atoms. The van der Waals surface area contributed by atoms with E-state index >= 15 is 0 Å². The molecule has 0 saturated carbocycles. The summed E-state index contributed by atoms with van der Waals surface area (Å²) in [5, 5.41) is 9.24. The molecule has 0 aromatic heterocycles. The standard InChI is InChI=1S/Fe.NO2.O3S/c;2-1-3;1-4(2)3/q;;-1. The summed E-state index contributed by atoms with van der Waals surface area (Å²) in [7, 11) is -4.67. The van der Waals surface area contributed by atoms with Gasteiger partial charge in [0.05, 0.1) is 0 Å². The summed E-state index contributed by atoms with van der Waals surface area (Å²) in [5.41, 5.74) is 0. The van der Waals surface area contributed by atoms with Gasteiger partial charge in [0.25, 0.3) is 0 Å². The Bertz CT molecular complexity index is 179. The third-order valence-electron chi connectivity index (χ3n) is 0.132. The number of hydrogen-bond donors (Lipinski definition) is 0. The Morgan fingerprint density at radius 2 is 1.88 bits per heavy atom. The van der Waals surface area contributed by atoms with E-state index in [0.29, 0.717) is 0 Å². The first-order valence-electron chi connectivity index (χ1n) is 1.17. The minimum atomic E-state index is -4.67. The van der Waals surface area contributed by atoms with Gasteiger partial charge in [0.2, 0.25) is 0 Å². The van der Waals surface area contributed by atoms with Crippen molar-refractivity contribution in [3.63, 3.8) is 0 Å². The third kappa shape index (κ3) is 5.83. The van der Waals surface area contributed by atoms with E-state index in [2.05, 4.69) is 0 Å². The number of nitrogens with zero attached hydrogens (tertiary/aromatic N) is 1. The molecule has 50 valence electrons. The Labute approximate surface area is 50.2 Å². The average molecular weight is 182 g/mol. The maximum atomic E-state index is 9.44. The van der Waals surface area contributed by atoms with Crippen LogP contribution in [-0.2, 0) is 22.6 Å². The second-order valence-corrected chi connectivity index (χ2v) is 4.20. The quantitative estimate of drug-likeness (QED) is 0.229. The molecular formula is FeNO5S-. The molecule has 6 nitrogen and oxygen atoms in total. The van der Waals surface area contributed by atoms with Gasteiger partial charge in [0.15, 0.2) is 0 Å². The Kier molecular flexibility index (Phi) is 2.35. The third-order valence-corrected chi connectivity index (χ3v) is 1.63. The Balaban J connectivity index is 3.95. The van der Waals surface area contributed by atoms with Gasteiger partial charge >= 0.3 is 49.6 Å². The van der Waals surface area contributed by atoms with Gasteiger partial charge < -0.3 is 0 Å². The number of nitro groups is 1. The van der Waals surface area contributed by atoms with Gasteiger partial charge in [-0.05, 0) is 0 Å². The van der Waals surface area contributed by atoms with Crippen LogP contribution >= 0.6 is 0 Å². The van der Waals surface area contributed by atoms with Gasteiger partial charge in [-0.3, -0.25) is 0 Å². The summed E-state index contributed by atoms with van der Waals surface area (Å²) in [6.45, 7) is 0. The molecule has 0 amide bonds. The van der Waals surface area contributed by atoms with Crippen LogP contribution in [0.2, 0.25) is 0 Å². The van der Waals surface area contributed by atoms with E-state index in [0.717, 1.165) is 0 Å². The van der Waals surface area contributed by atoms with E-state index < -0.39 is 26.5 Å². The zero-order valence-corrected chi connectivity index (χ0v) is 5.17. The number of rotatable bonds is 2. The zero-order chi connectivity index (χ0) is 6.78. The summed E-state index contributed by atoms with van der Waals surface area (Å²) in [4.78, 5) is 9.24. The van der Waals surface area contributed by atoms with Gasteiger partial charge in [0, 0.05) is 0 Å². The number of hydrogen-bond acceptors (Lipinski definition) is 5. The van der Waals surface area contributed by atoms with E-state index in [9.17, 15) is 23.1 Å². The van der Waals surface area contributed by atoms with Crippen molar-refractivity contribution in [1.82, 2.24) is 0 Å². The fourth-order valence-corrected chi connectivity index (χ4v) is 0.798. The monoisotopic (exact) mass is 182 g/mol. The van der Waals surface area contributed by atoms with E-state index in [1.165, 1.54) is 0 Å². The summed E-state index contributed by atoms with van der Waals surface area (Å²) in [5.74, 6) is 0. The van der Waals surface area contributed by atoms with Crippen molar-refractivity contribution in [2.75, 3.05) is 0 Å². The maximum absolute atomic E-state index is 9.44. The van der Waals surface area contributed by atoms with Crippen LogP contribution < -0.4 is 0 Å². The summed E-state index contributed by atoms with van der Waals surface area (Å²) < 4.78 is 27.1. The average Bonchev–Trinajstić information content (AvgIpc) is 1.21. The van der Waals surface area contributed by atoms with Gasteiger partial charge in [-0.15, -0.1) is 0 Å². The topological polar surface area (TPSA) is 100 Å². The molecule has 0 saturated heterocycles. The van der Waals surface area contributed by atoms with Gasteiger partial charge in [-0.25, -0.2) is 0 Å². The van der Waals surface area contributed by atoms with Gasteiger partial charge in [-0.1, -0.05) is 0 Å². The molecule has 0 aliphatic rings. The molecule has 0 unspecified atom stereocenters. The van der Waals surface area contributed by atoms with Crippen molar-refractivity contribution in [3.05, 3.63) is 10.1 Å². The van der Waals surface area contributed by atoms with Crippen LogP contribution in [0.15, 0.2) is 0 Å². The van der Waals surface area contributed by atoms with Crippen LogP contribution in [0.3, 0.4) is 0 Å². The molecule has 8 heteroatoms. The normalized spacial score (nSPS) is 11.6. The SMILES string of the molecule is O=[N+]([O-])[Fe][S](=O)(=O)[O-]. The molecule has 0 fully saturated rings. The fourth-order valence-electron chi connectivity index (χ4n) is 0.0645. The summed E-state index contributed by atoms with van der Waals surface area (Å²) in [6.07, 6.45) is 0. The van der Waals surface area contributed by atoms with Crippen LogP contribution in [0.4, 0.5) is 0 Å². The van der Waals surface area contributed by atoms with Gasteiger partial charge in [0.1, 0.15) is 0 Å². The van der Waals surface area contributed by atoms with E-state index in [1.54, 1.807) is 0 Å². The predicted octanol–water partition coefficient (Wildman–Crippen LogP) is -1.28. The molecular weight excluding hydrogens is 182 g/mol. The Morgan fingerprint density at radius 3 is 1.88 bits per heavy atom. The van der Waals surface area contributed by atoms with Crippen molar-refractivity contribution < 1.29 is 31.0 Å². The van der Waals surface area contributed by atoms with E-state index in [-0.39, 0.29) is 0 Å². The summed E-state index contributed by atoms with van der Waals surface area (Å²) in [6, 6.07) is 0. The Hall–Kier alpha value is -0.171. The molecule has 0 rings (SSSR count). The molecule has 0 radical (unpaired) electrons. The first kappa shape index (κ1) is 7.83. The predicted molar refractivity (Wildman–Crippen MR) is 16.7 cm³/mol. The molecule has 0 aliphatic heterocycles. The van der Waals surface area contributed by atoms with Crippen molar-refractivity contribution in [2.24, 2.45) is 0 Å². The molecule has 0 heterocycles. The van der Waals surface area contributed by atoms with Crippen molar-refractivity contribution in [3.8, 4) is 0 Å². The molecule has 0 atom stereocenters. The molecule has 0 aromatic carbocycles. The fraction of sp³-hybridized carbons (Fsp3) is 0. The van der Waals surface area contributed by atoms with Crippen LogP contribution in [0.1, 0.15) is 0 Å². The second kappa shape index (κ2) is 2.40.